The topological polar surface area (TPSA) is 119 Å². The van der Waals surface area contributed by atoms with Crippen molar-refractivity contribution < 1.29 is 23.5 Å². The molecule has 0 aliphatic carbocycles. The van der Waals surface area contributed by atoms with Crippen LogP contribution in [0.3, 0.4) is 0 Å². The molecular formula is C45H53ClFN5O5. The molecule has 0 bridgehead atoms. The van der Waals surface area contributed by atoms with Gasteiger partial charge in [-0.25, -0.2) is 18.8 Å². The van der Waals surface area contributed by atoms with Gasteiger partial charge in [-0.05, 0) is 113 Å². The molecule has 0 spiro atoms. The van der Waals surface area contributed by atoms with Crippen LogP contribution in [0.4, 0.5) is 14.0 Å². The summed E-state index contributed by atoms with van der Waals surface area (Å²) >= 11 is 6.38. The molecular weight excluding hydrogens is 745 g/mol. The number of aromatic amines is 1. The van der Waals surface area contributed by atoms with Crippen molar-refractivity contribution in [2.24, 2.45) is 0 Å². The summed E-state index contributed by atoms with van der Waals surface area (Å²) in [6, 6.07) is 21.7. The van der Waals surface area contributed by atoms with Crippen LogP contribution in [0, 0.1) is 5.82 Å². The third-order valence-corrected chi connectivity index (χ3v) is 9.80. The van der Waals surface area contributed by atoms with E-state index in [-0.39, 0.29) is 35.4 Å². The number of H-pyrrole nitrogens is 1. The summed E-state index contributed by atoms with van der Waals surface area (Å²) in [5, 5.41) is 3.44. The monoisotopic (exact) mass is 797 g/mol. The molecule has 10 nitrogen and oxygen atoms in total. The second-order valence-corrected chi connectivity index (χ2v) is 15.7. The number of aromatic nitrogens is 3. The van der Waals surface area contributed by atoms with Gasteiger partial charge in [-0.15, -0.1) is 6.58 Å². The van der Waals surface area contributed by atoms with Gasteiger partial charge in [-0.1, -0.05) is 73.5 Å². The van der Waals surface area contributed by atoms with E-state index in [0.717, 1.165) is 29.5 Å². The fraction of sp³-hybridized carbons (Fsp3) is 0.378. The van der Waals surface area contributed by atoms with E-state index >= 15 is 4.39 Å². The Morgan fingerprint density at radius 2 is 1.79 bits per heavy atom. The van der Waals surface area contributed by atoms with Gasteiger partial charge in [0.05, 0.1) is 22.4 Å². The number of unbranched alkanes of at least 4 members (excludes halogenated alkanes) is 1. The second kappa shape index (κ2) is 19.6. The van der Waals surface area contributed by atoms with Gasteiger partial charge in [0.1, 0.15) is 17.9 Å². The van der Waals surface area contributed by atoms with E-state index in [4.69, 9.17) is 21.1 Å². The molecule has 2 heterocycles. The summed E-state index contributed by atoms with van der Waals surface area (Å²) in [6.45, 7) is 14.2. The van der Waals surface area contributed by atoms with Crippen molar-refractivity contribution in [2.45, 2.75) is 104 Å². The number of rotatable bonds is 17. The Kier molecular flexibility index (Phi) is 14.7. The summed E-state index contributed by atoms with van der Waals surface area (Å²) in [4.78, 5) is 48.2. The Morgan fingerprint density at radius 1 is 1.05 bits per heavy atom. The van der Waals surface area contributed by atoms with Crippen molar-refractivity contribution in [1.29, 1.82) is 0 Å². The fourth-order valence-electron chi connectivity index (χ4n) is 6.62. The number of carbonyl (C=O) groups is 2. The van der Waals surface area contributed by atoms with Crippen LogP contribution in [0.2, 0.25) is 5.02 Å². The first kappa shape index (κ1) is 42.7. The van der Waals surface area contributed by atoms with Crippen LogP contribution in [0.15, 0.2) is 96.4 Å². The molecule has 3 aromatic carbocycles. The number of halogens is 2. The third-order valence-electron chi connectivity index (χ3n) is 9.52. The quantitative estimate of drug-likeness (QED) is 0.0905. The van der Waals surface area contributed by atoms with Crippen molar-refractivity contribution in [3.63, 3.8) is 0 Å². The summed E-state index contributed by atoms with van der Waals surface area (Å²) in [5.41, 5.74) is 3.09. The zero-order chi connectivity index (χ0) is 41.1. The maximum atomic E-state index is 15.5. The number of fused-ring (bicyclic) bond motifs is 1. The Hall–Kier alpha value is -5.42. The lowest BCUT2D eigenvalue weighted by atomic mass is 9.99. The molecule has 12 heteroatoms. The van der Waals surface area contributed by atoms with E-state index in [9.17, 15) is 14.4 Å². The Balaban J connectivity index is 1.30. The predicted octanol–water partition coefficient (Wildman–Crippen LogP) is 10.9. The van der Waals surface area contributed by atoms with Crippen LogP contribution in [-0.2, 0) is 22.5 Å². The van der Waals surface area contributed by atoms with Crippen molar-refractivity contribution >= 4 is 34.8 Å². The molecule has 0 unspecified atom stereocenters. The molecule has 0 saturated carbocycles. The average molecular weight is 798 g/mol. The van der Waals surface area contributed by atoms with Crippen molar-refractivity contribution in [3.05, 3.63) is 130 Å². The van der Waals surface area contributed by atoms with Crippen LogP contribution < -0.4 is 11.0 Å². The minimum absolute atomic E-state index is 0.0178. The van der Waals surface area contributed by atoms with Gasteiger partial charge >= 0.3 is 17.9 Å². The highest BCUT2D eigenvalue weighted by molar-refractivity contribution is 6.31. The molecule has 5 aromatic rings. The van der Waals surface area contributed by atoms with Crippen LogP contribution in [-0.4, -0.2) is 49.8 Å². The second-order valence-electron chi connectivity index (χ2n) is 15.3. The van der Waals surface area contributed by atoms with E-state index in [0.29, 0.717) is 61.1 Å². The molecule has 2 aromatic heterocycles. The normalized spacial score (nSPS) is 12.5. The molecule has 0 fully saturated rings. The Morgan fingerprint density at radius 3 is 2.47 bits per heavy atom. The van der Waals surface area contributed by atoms with Gasteiger partial charge in [0, 0.05) is 29.7 Å². The lowest BCUT2D eigenvalue weighted by molar-refractivity contribution is 0.0145. The van der Waals surface area contributed by atoms with Crippen molar-refractivity contribution in [3.8, 4) is 16.9 Å². The predicted molar refractivity (Wildman–Crippen MR) is 224 cm³/mol. The number of hydrogen-bond donors (Lipinski definition) is 2. The number of benzene rings is 3. The molecule has 2 atom stereocenters. The summed E-state index contributed by atoms with van der Waals surface area (Å²) < 4.78 is 28.1. The number of nitrogens with one attached hydrogen (secondary N) is 2. The number of amides is 2. The molecule has 0 radical (unpaired) electrons. The average Bonchev–Trinajstić information content (AvgIpc) is 3.58. The lowest BCUT2D eigenvalue weighted by Gasteiger charge is -2.34. The molecule has 57 heavy (non-hydrogen) atoms. The Bertz CT molecular complexity index is 2200. The molecule has 0 aliphatic heterocycles. The molecule has 0 saturated heterocycles. The fourth-order valence-corrected chi connectivity index (χ4v) is 6.86. The first-order chi connectivity index (χ1) is 27.3. The summed E-state index contributed by atoms with van der Waals surface area (Å²) in [6.07, 6.45) is 7.75. The first-order valence-electron chi connectivity index (χ1n) is 19.5. The molecule has 5 rings (SSSR count). The summed E-state index contributed by atoms with van der Waals surface area (Å²) in [7, 11) is 0. The van der Waals surface area contributed by atoms with E-state index in [2.05, 4.69) is 28.8 Å². The van der Waals surface area contributed by atoms with Gasteiger partial charge in [0.15, 0.2) is 5.82 Å². The van der Waals surface area contributed by atoms with Crippen LogP contribution in [0.25, 0.3) is 28.0 Å². The highest BCUT2D eigenvalue weighted by atomic mass is 35.5. The zero-order valence-electron chi connectivity index (χ0n) is 33.4. The highest BCUT2D eigenvalue weighted by Gasteiger charge is 2.29. The summed E-state index contributed by atoms with van der Waals surface area (Å²) in [5.74, 6) is -0.584. The van der Waals surface area contributed by atoms with Gasteiger partial charge in [-0.3, -0.25) is 4.57 Å². The maximum absolute atomic E-state index is 15.5. The largest absolute Gasteiger partial charge is 0.445 e. The van der Waals surface area contributed by atoms with E-state index in [1.54, 1.807) is 29.3 Å². The molecule has 302 valence electrons. The molecule has 2 amide bonds. The number of aryl methyl sites for hydroxylation is 1. The SMILES string of the molecule is C=CCC[C@@H](c1ccc(-n2cc3cc(-c4cc(CCC[C@H](C)NC(=O)OCc5ccccc5)cc(Cl)c4F)[nH]c3nc2=O)cc1)N(CCCC)C(=O)OC(C)(C)C. The lowest BCUT2D eigenvalue weighted by Crippen LogP contribution is -2.40. The number of alkyl carbamates (subject to hydrolysis) is 1. The molecule has 2 N–H and O–H groups in total. The van der Waals surface area contributed by atoms with Crippen molar-refractivity contribution in [1.82, 2.24) is 24.8 Å². The number of nitrogens with zero attached hydrogens (tertiary/aromatic N) is 3. The van der Waals surface area contributed by atoms with E-state index < -0.39 is 23.2 Å². The number of ether oxygens (including phenoxy) is 2. The van der Waals surface area contributed by atoms with E-state index in [1.807, 2.05) is 88.4 Å². The van der Waals surface area contributed by atoms with Gasteiger partial charge in [0.25, 0.3) is 0 Å². The van der Waals surface area contributed by atoms with Crippen LogP contribution >= 0.6 is 11.6 Å². The first-order valence-corrected chi connectivity index (χ1v) is 19.9. The Labute approximate surface area is 339 Å². The maximum Gasteiger partial charge on any atom is 0.410 e. The number of hydrogen-bond acceptors (Lipinski definition) is 6. The van der Waals surface area contributed by atoms with Crippen LogP contribution in [0.1, 0.15) is 95.9 Å². The minimum Gasteiger partial charge on any atom is -0.445 e. The standard InChI is InChI=1S/C45H53ClFN5O5/c1-7-9-19-39(51(24-10-8-2)44(55)57-45(4,5)6)33-20-22-35(23-21-33)52-28-34-27-38(49-41(34)50-42(52)53)36-25-32(26-37(46)40(36)47)18-14-15-30(3)48-43(54)56-29-31-16-12-11-13-17-31/h7,11-13,16-17,20-23,25-28,30,39H,1,8-10,14-15,18-19,24,29H2,2-6H3,(H,48,54)(H,49,50,53)/t30-,39-/m0/s1. The highest BCUT2D eigenvalue weighted by Crippen LogP contribution is 2.32. The third kappa shape index (κ3) is 11.8. The number of carbonyl (C=O) groups excluding carboxylic acids is 2. The van der Waals surface area contributed by atoms with E-state index in [1.165, 1.54) is 4.57 Å². The molecule has 0 aliphatic rings. The van der Waals surface area contributed by atoms with Crippen molar-refractivity contribution in [2.75, 3.05) is 6.54 Å². The van der Waals surface area contributed by atoms with Crippen LogP contribution in [0.5, 0.6) is 0 Å². The minimum atomic E-state index is -0.639. The smallest absolute Gasteiger partial charge is 0.410 e. The van der Waals surface area contributed by atoms with Gasteiger partial charge < -0.3 is 24.7 Å². The van der Waals surface area contributed by atoms with Gasteiger partial charge in [-0.2, -0.15) is 4.98 Å². The zero-order valence-corrected chi connectivity index (χ0v) is 34.2. The number of allylic oxidation sites excluding steroid dienone is 1. The van der Waals surface area contributed by atoms with Gasteiger partial charge in [0.2, 0.25) is 0 Å².